The van der Waals surface area contributed by atoms with Crippen molar-refractivity contribution >= 4 is 0 Å². The Kier molecular flexibility index (Phi) is 5.34. The number of aliphatic hydroxyl groups is 1. The smallest absolute Gasteiger partial charge is 0.137 e. The van der Waals surface area contributed by atoms with E-state index in [1.165, 1.54) is 0 Å². The molecule has 0 spiro atoms. The molecule has 0 fully saturated rings. The van der Waals surface area contributed by atoms with Crippen LogP contribution in [0.1, 0.15) is 43.4 Å². The van der Waals surface area contributed by atoms with Crippen LogP contribution in [-0.4, -0.2) is 17.2 Å². The molecule has 3 atom stereocenters. The van der Waals surface area contributed by atoms with E-state index in [-0.39, 0.29) is 5.92 Å². The first kappa shape index (κ1) is 15.5. The lowest BCUT2D eigenvalue weighted by Gasteiger charge is -2.28. The van der Waals surface area contributed by atoms with E-state index in [0.29, 0.717) is 11.7 Å². The van der Waals surface area contributed by atoms with Crippen LogP contribution in [0.2, 0.25) is 0 Å². The summed E-state index contributed by atoms with van der Waals surface area (Å²) in [6.45, 7) is 4.33. The quantitative estimate of drug-likeness (QED) is 0.873. The van der Waals surface area contributed by atoms with Gasteiger partial charge in [0, 0.05) is 17.7 Å². The first-order chi connectivity index (χ1) is 10.2. The highest BCUT2D eigenvalue weighted by Crippen LogP contribution is 2.38. The number of benzene rings is 1. The van der Waals surface area contributed by atoms with Crippen LogP contribution in [-0.2, 0) is 0 Å². The number of nitrogens with zero attached hydrogens (tertiary/aromatic N) is 1. The maximum Gasteiger partial charge on any atom is 0.137 e. The van der Waals surface area contributed by atoms with Crippen LogP contribution in [0.3, 0.4) is 0 Å². The van der Waals surface area contributed by atoms with Crippen molar-refractivity contribution in [2.75, 3.05) is 7.11 Å². The van der Waals surface area contributed by atoms with Gasteiger partial charge in [0.15, 0.2) is 0 Å². The number of hydrogen-bond acceptors (Lipinski definition) is 3. The van der Waals surface area contributed by atoms with Crippen LogP contribution in [0.4, 0.5) is 0 Å². The molecule has 1 heterocycles. The Morgan fingerprint density at radius 3 is 2.48 bits per heavy atom. The average Bonchev–Trinajstić information content (AvgIpc) is 2.55. The molecule has 1 aromatic carbocycles. The van der Waals surface area contributed by atoms with E-state index in [1.807, 2.05) is 24.3 Å². The Morgan fingerprint density at radius 1 is 1.14 bits per heavy atom. The summed E-state index contributed by atoms with van der Waals surface area (Å²) in [7, 11) is 1.61. The second-order valence-corrected chi connectivity index (χ2v) is 5.42. The molecule has 3 unspecified atom stereocenters. The predicted octanol–water partition coefficient (Wildman–Crippen LogP) is 3.95. The summed E-state index contributed by atoms with van der Waals surface area (Å²) in [4.78, 5) is 4.15. The molecular weight excluding hydrogens is 262 g/mol. The maximum absolute atomic E-state index is 10.9. The molecule has 1 N–H and O–H groups in total. The van der Waals surface area contributed by atoms with Crippen LogP contribution >= 0.6 is 0 Å². The molecule has 0 saturated carbocycles. The Hall–Kier alpha value is -1.87. The first-order valence-corrected chi connectivity index (χ1v) is 7.39. The molecule has 0 bridgehead atoms. The van der Waals surface area contributed by atoms with Gasteiger partial charge in [-0.3, -0.25) is 4.98 Å². The monoisotopic (exact) mass is 285 g/mol. The van der Waals surface area contributed by atoms with Crippen LogP contribution in [0.5, 0.6) is 5.75 Å². The topological polar surface area (TPSA) is 42.4 Å². The van der Waals surface area contributed by atoms with Gasteiger partial charge in [-0.25, -0.2) is 0 Å². The molecule has 0 aliphatic rings. The molecule has 3 nitrogen and oxygen atoms in total. The Morgan fingerprint density at radius 2 is 1.86 bits per heavy atom. The average molecular weight is 285 g/mol. The number of aromatic nitrogens is 1. The summed E-state index contributed by atoms with van der Waals surface area (Å²) in [5.74, 6) is 1.08. The van der Waals surface area contributed by atoms with Gasteiger partial charge in [-0.15, -0.1) is 0 Å². The van der Waals surface area contributed by atoms with Gasteiger partial charge in [-0.05, 0) is 17.5 Å². The molecular formula is C18H23NO2. The second kappa shape index (κ2) is 7.23. The third kappa shape index (κ3) is 3.61. The molecule has 0 aliphatic heterocycles. The SMILES string of the molecule is CCC(C)C(c1ccccc1)C(O)c1cncc(OC)c1. The highest BCUT2D eigenvalue weighted by molar-refractivity contribution is 5.30. The van der Waals surface area contributed by atoms with E-state index in [9.17, 15) is 5.11 Å². The van der Waals surface area contributed by atoms with Gasteiger partial charge in [0.1, 0.15) is 5.75 Å². The molecule has 2 rings (SSSR count). The molecule has 112 valence electrons. The number of hydrogen-bond donors (Lipinski definition) is 1. The highest BCUT2D eigenvalue weighted by Gasteiger charge is 2.27. The summed E-state index contributed by atoms with van der Waals surface area (Å²) in [6.07, 6.45) is 3.78. The second-order valence-electron chi connectivity index (χ2n) is 5.42. The summed E-state index contributed by atoms with van der Waals surface area (Å²) in [6, 6.07) is 12.0. The number of rotatable bonds is 6. The summed E-state index contributed by atoms with van der Waals surface area (Å²) < 4.78 is 5.20. The molecule has 0 saturated heterocycles. The summed E-state index contributed by atoms with van der Waals surface area (Å²) in [5.41, 5.74) is 1.95. The zero-order valence-electron chi connectivity index (χ0n) is 12.9. The number of pyridine rings is 1. The number of ether oxygens (including phenoxy) is 1. The minimum Gasteiger partial charge on any atom is -0.495 e. The highest BCUT2D eigenvalue weighted by atomic mass is 16.5. The van der Waals surface area contributed by atoms with E-state index >= 15 is 0 Å². The maximum atomic E-state index is 10.9. The van der Waals surface area contributed by atoms with Gasteiger partial charge in [0.2, 0.25) is 0 Å². The molecule has 1 aromatic heterocycles. The van der Waals surface area contributed by atoms with Crippen LogP contribution < -0.4 is 4.74 Å². The minimum atomic E-state index is -0.593. The third-order valence-electron chi connectivity index (χ3n) is 4.09. The lowest BCUT2D eigenvalue weighted by molar-refractivity contribution is 0.117. The lowest BCUT2D eigenvalue weighted by atomic mass is 9.79. The predicted molar refractivity (Wildman–Crippen MR) is 84.4 cm³/mol. The van der Waals surface area contributed by atoms with Crippen molar-refractivity contribution in [2.24, 2.45) is 5.92 Å². The van der Waals surface area contributed by atoms with Crippen molar-refractivity contribution in [1.29, 1.82) is 0 Å². The largest absolute Gasteiger partial charge is 0.495 e. The van der Waals surface area contributed by atoms with Gasteiger partial charge in [0.05, 0.1) is 19.4 Å². The molecule has 0 amide bonds. The van der Waals surface area contributed by atoms with Crippen molar-refractivity contribution in [2.45, 2.75) is 32.3 Å². The van der Waals surface area contributed by atoms with Crippen molar-refractivity contribution in [3.8, 4) is 5.75 Å². The Bertz CT molecular complexity index is 556. The molecule has 21 heavy (non-hydrogen) atoms. The van der Waals surface area contributed by atoms with Crippen molar-refractivity contribution in [3.63, 3.8) is 0 Å². The van der Waals surface area contributed by atoms with Crippen LogP contribution in [0.15, 0.2) is 48.8 Å². The minimum absolute atomic E-state index is 0.0464. The molecule has 0 radical (unpaired) electrons. The van der Waals surface area contributed by atoms with Crippen LogP contribution in [0.25, 0.3) is 0 Å². The fourth-order valence-corrected chi connectivity index (χ4v) is 2.67. The Balaban J connectivity index is 2.36. The van der Waals surface area contributed by atoms with Crippen molar-refractivity contribution < 1.29 is 9.84 Å². The Labute approximate surface area is 126 Å². The van der Waals surface area contributed by atoms with Gasteiger partial charge in [0.25, 0.3) is 0 Å². The van der Waals surface area contributed by atoms with E-state index in [1.54, 1.807) is 19.5 Å². The molecule has 3 heteroatoms. The molecule has 2 aromatic rings. The molecule has 0 aliphatic carbocycles. The summed E-state index contributed by atoms with van der Waals surface area (Å²) in [5, 5.41) is 10.9. The van der Waals surface area contributed by atoms with E-state index in [2.05, 4.69) is 31.0 Å². The van der Waals surface area contributed by atoms with Gasteiger partial charge in [-0.2, -0.15) is 0 Å². The van der Waals surface area contributed by atoms with Crippen molar-refractivity contribution in [3.05, 3.63) is 59.9 Å². The summed E-state index contributed by atoms with van der Waals surface area (Å²) >= 11 is 0. The van der Waals surface area contributed by atoms with Gasteiger partial charge >= 0.3 is 0 Å². The first-order valence-electron chi connectivity index (χ1n) is 7.39. The van der Waals surface area contributed by atoms with E-state index in [0.717, 1.165) is 17.5 Å². The van der Waals surface area contributed by atoms with Gasteiger partial charge in [-0.1, -0.05) is 50.6 Å². The third-order valence-corrected chi connectivity index (χ3v) is 4.09. The fraction of sp³-hybridized carbons (Fsp3) is 0.389. The zero-order chi connectivity index (χ0) is 15.2. The number of aliphatic hydroxyl groups excluding tert-OH is 1. The van der Waals surface area contributed by atoms with E-state index in [4.69, 9.17) is 4.74 Å². The van der Waals surface area contributed by atoms with E-state index < -0.39 is 6.10 Å². The number of methoxy groups -OCH3 is 1. The van der Waals surface area contributed by atoms with Crippen molar-refractivity contribution in [1.82, 2.24) is 4.98 Å². The lowest BCUT2D eigenvalue weighted by Crippen LogP contribution is -2.18. The standard InChI is InChI=1S/C18H23NO2/c1-4-13(2)17(14-8-6-5-7-9-14)18(20)15-10-16(21-3)12-19-11-15/h5-13,17-18,20H,4H2,1-3H3. The fourth-order valence-electron chi connectivity index (χ4n) is 2.67. The van der Waals surface area contributed by atoms with Gasteiger partial charge < -0.3 is 9.84 Å². The van der Waals surface area contributed by atoms with Crippen LogP contribution in [0, 0.1) is 5.92 Å². The normalized spacial score (nSPS) is 15.2. The zero-order valence-corrected chi connectivity index (χ0v) is 12.9.